The monoisotopic (exact) mass is 438 g/mol. The number of carbonyl (C=O) groups is 1. The van der Waals surface area contributed by atoms with Crippen LogP contribution in [0.5, 0.6) is 5.75 Å². The molecule has 0 aliphatic carbocycles. The van der Waals surface area contributed by atoms with Crippen LogP contribution in [0, 0.1) is 27.7 Å². The van der Waals surface area contributed by atoms with Crippen LogP contribution in [0.25, 0.3) is 0 Å². The van der Waals surface area contributed by atoms with Crippen molar-refractivity contribution in [3.05, 3.63) is 82.9 Å². The summed E-state index contributed by atoms with van der Waals surface area (Å²) >= 11 is 0. The Bertz CT molecular complexity index is 1180. The summed E-state index contributed by atoms with van der Waals surface area (Å²) in [5.41, 5.74) is 4.99. The highest BCUT2D eigenvalue weighted by atomic mass is 32.2. The highest BCUT2D eigenvalue weighted by Crippen LogP contribution is 2.23. The molecule has 3 rings (SSSR count). The fraction of sp³-hybridized carbons (Fsp3) is 0.208. The van der Waals surface area contributed by atoms with Gasteiger partial charge in [0.25, 0.3) is 15.9 Å². The van der Waals surface area contributed by atoms with Crippen molar-refractivity contribution in [2.75, 3.05) is 16.6 Å². The first-order valence-corrected chi connectivity index (χ1v) is 11.3. The maximum atomic E-state index is 12.6. The highest BCUT2D eigenvalue weighted by molar-refractivity contribution is 7.92. The summed E-state index contributed by atoms with van der Waals surface area (Å²) in [6.07, 6.45) is 0. The van der Waals surface area contributed by atoms with Gasteiger partial charge in [-0.3, -0.25) is 9.52 Å². The Kier molecular flexibility index (Phi) is 6.65. The van der Waals surface area contributed by atoms with Gasteiger partial charge in [0.15, 0.2) is 6.61 Å². The topological polar surface area (TPSA) is 84.5 Å². The van der Waals surface area contributed by atoms with Crippen molar-refractivity contribution in [3.8, 4) is 5.75 Å². The predicted molar refractivity (Wildman–Crippen MR) is 123 cm³/mol. The van der Waals surface area contributed by atoms with E-state index in [1.165, 1.54) is 12.1 Å². The third-order valence-electron chi connectivity index (χ3n) is 4.96. The SMILES string of the molecule is Cc1ccc(NS(=O)(=O)c2ccc(NC(=O)COc3c(C)cccc3C)cc2)cc1C. The molecule has 6 nitrogen and oxygen atoms in total. The number of hydrogen-bond acceptors (Lipinski definition) is 4. The molecule has 0 heterocycles. The first kappa shape index (κ1) is 22.4. The molecule has 0 bridgehead atoms. The average Bonchev–Trinajstić information content (AvgIpc) is 2.70. The first-order valence-electron chi connectivity index (χ1n) is 9.85. The van der Waals surface area contributed by atoms with Crippen molar-refractivity contribution >= 4 is 27.3 Å². The summed E-state index contributed by atoms with van der Waals surface area (Å²) in [5, 5.41) is 2.71. The van der Waals surface area contributed by atoms with Crippen molar-refractivity contribution in [1.29, 1.82) is 0 Å². The van der Waals surface area contributed by atoms with Crippen LogP contribution in [0.4, 0.5) is 11.4 Å². The second kappa shape index (κ2) is 9.22. The third kappa shape index (κ3) is 5.64. The number of anilines is 2. The van der Waals surface area contributed by atoms with Gasteiger partial charge in [-0.1, -0.05) is 24.3 Å². The summed E-state index contributed by atoms with van der Waals surface area (Å²) in [5.74, 6) is 0.364. The summed E-state index contributed by atoms with van der Waals surface area (Å²) in [6.45, 7) is 7.60. The minimum absolute atomic E-state index is 0.107. The van der Waals surface area contributed by atoms with Crippen LogP contribution in [0.15, 0.2) is 65.6 Å². The number of nitrogens with one attached hydrogen (secondary N) is 2. The van der Waals surface area contributed by atoms with Gasteiger partial charge in [0.05, 0.1) is 4.90 Å². The lowest BCUT2D eigenvalue weighted by Gasteiger charge is -2.12. The number of benzene rings is 3. The number of para-hydroxylation sites is 1. The Labute approximate surface area is 183 Å². The number of rotatable bonds is 7. The maximum absolute atomic E-state index is 12.6. The van der Waals surface area contributed by atoms with E-state index in [9.17, 15) is 13.2 Å². The predicted octanol–water partition coefficient (Wildman–Crippen LogP) is 4.74. The molecule has 0 aliphatic rings. The summed E-state index contributed by atoms with van der Waals surface area (Å²) in [7, 11) is -3.73. The van der Waals surface area contributed by atoms with Gasteiger partial charge in [-0.25, -0.2) is 8.42 Å². The van der Waals surface area contributed by atoms with E-state index < -0.39 is 10.0 Å². The molecular weight excluding hydrogens is 412 g/mol. The van der Waals surface area contributed by atoms with Crippen molar-refractivity contribution in [3.63, 3.8) is 0 Å². The summed E-state index contributed by atoms with van der Waals surface area (Å²) in [4.78, 5) is 12.3. The van der Waals surface area contributed by atoms with Gasteiger partial charge in [-0.05, 0) is 86.3 Å². The molecule has 0 aliphatic heterocycles. The molecule has 0 spiro atoms. The molecule has 7 heteroatoms. The molecule has 3 aromatic rings. The molecule has 31 heavy (non-hydrogen) atoms. The molecular formula is C24H26N2O4S. The van der Waals surface area contributed by atoms with E-state index in [0.717, 1.165) is 22.3 Å². The van der Waals surface area contributed by atoms with Crippen LogP contribution in [0.2, 0.25) is 0 Å². The van der Waals surface area contributed by atoms with Crippen molar-refractivity contribution in [2.24, 2.45) is 0 Å². The smallest absolute Gasteiger partial charge is 0.262 e. The van der Waals surface area contributed by atoms with Gasteiger partial charge in [0.1, 0.15) is 5.75 Å². The quantitative estimate of drug-likeness (QED) is 0.558. The van der Waals surface area contributed by atoms with Crippen LogP contribution in [0.3, 0.4) is 0 Å². The standard InChI is InChI=1S/C24H26N2O4S/c1-16-8-9-21(14-19(16)4)26-31(28,29)22-12-10-20(11-13-22)25-23(27)15-30-24-17(2)6-5-7-18(24)3/h5-14,26H,15H2,1-4H3,(H,25,27). The van der Waals surface area contributed by atoms with Gasteiger partial charge in [-0.2, -0.15) is 0 Å². The van der Waals surface area contributed by atoms with Gasteiger partial charge in [-0.15, -0.1) is 0 Å². The molecule has 0 saturated heterocycles. The normalized spacial score (nSPS) is 11.1. The van der Waals surface area contributed by atoms with Crippen LogP contribution < -0.4 is 14.8 Å². The van der Waals surface area contributed by atoms with E-state index in [0.29, 0.717) is 17.1 Å². The lowest BCUT2D eigenvalue weighted by Crippen LogP contribution is -2.20. The van der Waals surface area contributed by atoms with Gasteiger partial charge in [0, 0.05) is 11.4 Å². The number of hydrogen-bond donors (Lipinski definition) is 2. The molecule has 0 aromatic heterocycles. The molecule has 0 saturated carbocycles. The Morgan fingerprint density at radius 1 is 0.806 bits per heavy atom. The summed E-state index contributed by atoms with van der Waals surface area (Å²) < 4.78 is 33.5. The molecule has 1 amide bonds. The van der Waals surface area contributed by atoms with Crippen LogP contribution in [-0.4, -0.2) is 20.9 Å². The number of aryl methyl sites for hydroxylation is 4. The molecule has 2 N–H and O–H groups in total. The van der Waals surface area contributed by atoms with Crippen LogP contribution >= 0.6 is 0 Å². The molecule has 0 fully saturated rings. The van der Waals surface area contributed by atoms with Crippen molar-refractivity contribution in [1.82, 2.24) is 0 Å². The fourth-order valence-electron chi connectivity index (χ4n) is 3.10. The molecule has 0 atom stereocenters. The Morgan fingerprint density at radius 2 is 1.42 bits per heavy atom. The lowest BCUT2D eigenvalue weighted by atomic mass is 10.1. The highest BCUT2D eigenvalue weighted by Gasteiger charge is 2.15. The van der Waals surface area contributed by atoms with E-state index in [2.05, 4.69) is 10.0 Å². The van der Waals surface area contributed by atoms with Crippen molar-refractivity contribution < 1.29 is 17.9 Å². The van der Waals surface area contributed by atoms with E-state index in [-0.39, 0.29) is 17.4 Å². The first-order chi connectivity index (χ1) is 14.7. The van der Waals surface area contributed by atoms with Crippen LogP contribution in [-0.2, 0) is 14.8 Å². The second-order valence-corrected chi connectivity index (χ2v) is 9.17. The largest absolute Gasteiger partial charge is 0.483 e. The van der Waals surface area contributed by atoms with Gasteiger partial charge in [0.2, 0.25) is 0 Å². The second-order valence-electron chi connectivity index (χ2n) is 7.49. The van der Waals surface area contributed by atoms with E-state index in [1.54, 1.807) is 24.3 Å². The van der Waals surface area contributed by atoms with E-state index in [1.807, 2.05) is 52.0 Å². The molecule has 162 valence electrons. The number of amides is 1. The minimum Gasteiger partial charge on any atom is -0.483 e. The van der Waals surface area contributed by atoms with E-state index in [4.69, 9.17) is 4.74 Å². The maximum Gasteiger partial charge on any atom is 0.262 e. The number of ether oxygens (including phenoxy) is 1. The third-order valence-corrected chi connectivity index (χ3v) is 6.36. The Morgan fingerprint density at radius 3 is 2.03 bits per heavy atom. The number of sulfonamides is 1. The van der Waals surface area contributed by atoms with E-state index >= 15 is 0 Å². The number of carbonyl (C=O) groups excluding carboxylic acids is 1. The molecule has 3 aromatic carbocycles. The zero-order chi connectivity index (χ0) is 22.6. The molecule has 0 radical (unpaired) electrons. The zero-order valence-corrected chi connectivity index (χ0v) is 18.8. The Balaban J connectivity index is 1.62. The molecule has 0 unspecified atom stereocenters. The average molecular weight is 439 g/mol. The van der Waals surface area contributed by atoms with Crippen LogP contribution in [0.1, 0.15) is 22.3 Å². The van der Waals surface area contributed by atoms with Gasteiger partial charge >= 0.3 is 0 Å². The Hall–Kier alpha value is -3.32. The minimum atomic E-state index is -3.73. The van der Waals surface area contributed by atoms with Crippen molar-refractivity contribution in [2.45, 2.75) is 32.6 Å². The fourth-order valence-corrected chi connectivity index (χ4v) is 4.15. The van der Waals surface area contributed by atoms with Gasteiger partial charge < -0.3 is 10.1 Å². The lowest BCUT2D eigenvalue weighted by molar-refractivity contribution is -0.118. The zero-order valence-electron chi connectivity index (χ0n) is 18.0. The summed E-state index contributed by atoms with van der Waals surface area (Å²) in [6, 6.07) is 17.2.